The van der Waals surface area contributed by atoms with Crippen LogP contribution in [0.5, 0.6) is 0 Å². The first kappa shape index (κ1) is 15.8. The molecule has 1 saturated heterocycles. The number of carboxylic acid groups (broad SMARTS) is 1. The molecule has 2 amide bonds. The molecule has 1 unspecified atom stereocenters. The molecular weight excluding hydrogens is 248 g/mol. The van der Waals surface area contributed by atoms with Crippen molar-refractivity contribution in [2.45, 2.75) is 33.1 Å². The summed E-state index contributed by atoms with van der Waals surface area (Å²) in [5.74, 6) is -0.613. The van der Waals surface area contributed by atoms with E-state index >= 15 is 0 Å². The third-order valence-electron chi connectivity index (χ3n) is 4.09. The molecule has 0 radical (unpaired) electrons. The summed E-state index contributed by atoms with van der Waals surface area (Å²) in [5.41, 5.74) is -0.918. The largest absolute Gasteiger partial charge is 0.481 e. The number of carbonyl (C=O) groups excluding carboxylic acids is 1. The number of piperidine rings is 1. The smallest absolute Gasteiger partial charge is 0.317 e. The molecule has 0 aromatic rings. The summed E-state index contributed by atoms with van der Waals surface area (Å²) >= 11 is 0. The van der Waals surface area contributed by atoms with Crippen LogP contribution in [-0.2, 0) is 4.79 Å². The zero-order chi connectivity index (χ0) is 14.5. The van der Waals surface area contributed by atoms with Gasteiger partial charge < -0.3 is 20.4 Å². The standard InChI is InChI=1S/C13H24N2O4/c1-3-13(2,11(17)18)9-14-12(19)15-6-4-10(8-16)5-7-15/h10,16H,3-9H2,1-2H3,(H,14,19)(H,17,18). The van der Waals surface area contributed by atoms with Crippen molar-refractivity contribution in [3.05, 3.63) is 0 Å². The van der Waals surface area contributed by atoms with Gasteiger partial charge in [0.05, 0.1) is 5.41 Å². The number of hydrogen-bond acceptors (Lipinski definition) is 3. The van der Waals surface area contributed by atoms with Crippen LogP contribution in [0.1, 0.15) is 33.1 Å². The third kappa shape index (κ3) is 4.09. The maximum atomic E-state index is 11.9. The molecule has 0 saturated carbocycles. The fourth-order valence-corrected chi connectivity index (χ4v) is 2.05. The molecule has 0 aliphatic carbocycles. The second kappa shape index (κ2) is 6.75. The van der Waals surface area contributed by atoms with E-state index in [4.69, 9.17) is 10.2 Å². The lowest BCUT2D eigenvalue weighted by atomic mass is 9.88. The maximum Gasteiger partial charge on any atom is 0.317 e. The summed E-state index contributed by atoms with van der Waals surface area (Å²) in [6.45, 7) is 4.97. The minimum Gasteiger partial charge on any atom is -0.481 e. The zero-order valence-corrected chi connectivity index (χ0v) is 11.7. The van der Waals surface area contributed by atoms with Gasteiger partial charge in [0.2, 0.25) is 0 Å². The van der Waals surface area contributed by atoms with Gasteiger partial charge in [-0.05, 0) is 32.1 Å². The highest BCUT2D eigenvalue weighted by molar-refractivity contribution is 5.77. The Labute approximate surface area is 113 Å². The summed E-state index contributed by atoms with van der Waals surface area (Å²) in [4.78, 5) is 24.8. The highest BCUT2D eigenvalue weighted by Crippen LogP contribution is 2.20. The van der Waals surface area contributed by atoms with Gasteiger partial charge in [0.1, 0.15) is 0 Å². The van der Waals surface area contributed by atoms with Gasteiger partial charge >= 0.3 is 12.0 Å². The lowest BCUT2D eigenvalue weighted by molar-refractivity contribution is -0.147. The molecule has 110 valence electrons. The maximum absolute atomic E-state index is 11.9. The van der Waals surface area contributed by atoms with Gasteiger partial charge in [-0.2, -0.15) is 0 Å². The summed E-state index contributed by atoms with van der Waals surface area (Å²) in [7, 11) is 0. The van der Waals surface area contributed by atoms with Gasteiger partial charge in [0, 0.05) is 26.2 Å². The van der Waals surface area contributed by atoms with Crippen LogP contribution in [0, 0.1) is 11.3 Å². The summed E-state index contributed by atoms with van der Waals surface area (Å²) in [6, 6.07) is -0.211. The molecule has 3 N–H and O–H groups in total. The van der Waals surface area contributed by atoms with Crippen LogP contribution in [0.3, 0.4) is 0 Å². The van der Waals surface area contributed by atoms with Crippen molar-refractivity contribution in [2.24, 2.45) is 11.3 Å². The first-order chi connectivity index (χ1) is 8.92. The molecule has 0 spiro atoms. The van der Waals surface area contributed by atoms with Gasteiger partial charge in [-0.3, -0.25) is 4.79 Å². The molecule has 19 heavy (non-hydrogen) atoms. The molecular formula is C13H24N2O4. The summed E-state index contributed by atoms with van der Waals surface area (Å²) in [6.07, 6.45) is 2.07. The number of nitrogens with zero attached hydrogens (tertiary/aromatic N) is 1. The van der Waals surface area contributed by atoms with E-state index in [1.165, 1.54) is 0 Å². The average Bonchev–Trinajstić information content (AvgIpc) is 2.44. The van der Waals surface area contributed by atoms with E-state index in [9.17, 15) is 9.59 Å². The molecule has 0 bridgehead atoms. The Morgan fingerprint density at radius 1 is 1.37 bits per heavy atom. The lowest BCUT2D eigenvalue weighted by Gasteiger charge is -2.32. The van der Waals surface area contributed by atoms with E-state index in [0.29, 0.717) is 19.5 Å². The zero-order valence-electron chi connectivity index (χ0n) is 11.7. The molecule has 6 nitrogen and oxygen atoms in total. The Kier molecular flexibility index (Phi) is 5.60. The van der Waals surface area contributed by atoms with Crippen molar-refractivity contribution >= 4 is 12.0 Å². The van der Waals surface area contributed by atoms with Crippen molar-refractivity contribution in [3.8, 4) is 0 Å². The summed E-state index contributed by atoms with van der Waals surface area (Å²) in [5, 5.41) is 20.9. The van der Waals surface area contributed by atoms with Crippen molar-refractivity contribution in [1.29, 1.82) is 0 Å². The van der Waals surface area contributed by atoms with Crippen LogP contribution in [0.2, 0.25) is 0 Å². The van der Waals surface area contributed by atoms with E-state index in [2.05, 4.69) is 5.32 Å². The predicted octanol–water partition coefficient (Wildman–Crippen LogP) is 0.901. The molecule has 0 aromatic heterocycles. The normalized spacial score (nSPS) is 19.8. The number of rotatable bonds is 5. The average molecular weight is 272 g/mol. The molecule has 1 fully saturated rings. The molecule has 1 heterocycles. The number of aliphatic hydroxyl groups excluding tert-OH is 1. The van der Waals surface area contributed by atoms with Crippen LogP contribution in [0.25, 0.3) is 0 Å². The molecule has 6 heteroatoms. The van der Waals surface area contributed by atoms with Gasteiger partial charge in [-0.1, -0.05) is 6.92 Å². The van der Waals surface area contributed by atoms with E-state index in [1.807, 2.05) is 0 Å². The van der Waals surface area contributed by atoms with E-state index < -0.39 is 11.4 Å². The number of aliphatic carboxylic acids is 1. The number of aliphatic hydroxyl groups is 1. The number of likely N-dealkylation sites (tertiary alicyclic amines) is 1. The van der Waals surface area contributed by atoms with Crippen molar-refractivity contribution in [3.63, 3.8) is 0 Å². The van der Waals surface area contributed by atoms with Crippen molar-refractivity contribution in [2.75, 3.05) is 26.2 Å². The third-order valence-corrected chi connectivity index (χ3v) is 4.09. The minimum absolute atomic E-state index is 0.137. The quantitative estimate of drug-likeness (QED) is 0.693. The van der Waals surface area contributed by atoms with E-state index in [-0.39, 0.29) is 25.1 Å². The molecule has 1 rings (SSSR count). The second-order valence-corrected chi connectivity index (χ2v) is 5.49. The minimum atomic E-state index is -0.918. The number of urea groups is 1. The van der Waals surface area contributed by atoms with E-state index in [0.717, 1.165) is 12.8 Å². The Hall–Kier alpha value is -1.30. The molecule has 1 aliphatic heterocycles. The predicted molar refractivity (Wildman–Crippen MR) is 70.8 cm³/mol. The Bertz CT molecular complexity index is 327. The van der Waals surface area contributed by atoms with Crippen LogP contribution in [0.15, 0.2) is 0 Å². The van der Waals surface area contributed by atoms with Gasteiger partial charge in [0.25, 0.3) is 0 Å². The lowest BCUT2D eigenvalue weighted by Crippen LogP contribution is -2.48. The highest BCUT2D eigenvalue weighted by atomic mass is 16.4. The highest BCUT2D eigenvalue weighted by Gasteiger charge is 2.32. The number of carboxylic acids is 1. The topological polar surface area (TPSA) is 89.9 Å². The number of hydrogen-bond donors (Lipinski definition) is 3. The van der Waals surface area contributed by atoms with Crippen LogP contribution < -0.4 is 5.32 Å². The first-order valence-electron chi connectivity index (χ1n) is 6.80. The number of nitrogens with one attached hydrogen (secondary N) is 1. The van der Waals surface area contributed by atoms with Crippen LogP contribution in [-0.4, -0.2) is 53.4 Å². The second-order valence-electron chi connectivity index (χ2n) is 5.49. The van der Waals surface area contributed by atoms with Gasteiger partial charge in [-0.15, -0.1) is 0 Å². The number of carbonyl (C=O) groups is 2. The Morgan fingerprint density at radius 2 is 1.95 bits per heavy atom. The molecule has 0 aromatic carbocycles. The molecule has 1 atom stereocenters. The SMILES string of the molecule is CCC(C)(CNC(=O)N1CCC(CO)CC1)C(=O)O. The van der Waals surface area contributed by atoms with Gasteiger partial charge in [-0.25, -0.2) is 4.79 Å². The first-order valence-corrected chi connectivity index (χ1v) is 6.80. The van der Waals surface area contributed by atoms with Crippen LogP contribution in [0.4, 0.5) is 4.79 Å². The number of amides is 2. The van der Waals surface area contributed by atoms with Gasteiger partial charge in [0.15, 0.2) is 0 Å². The fourth-order valence-electron chi connectivity index (χ4n) is 2.05. The Balaban J connectivity index is 2.42. The monoisotopic (exact) mass is 272 g/mol. The van der Waals surface area contributed by atoms with Crippen molar-refractivity contribution in [1.82, 2.24) is 10.2 Å². The van der Waals surface area contributed by atoms with E-state index in [1.54, 1.807) is 18.7 Å². The van der Waals surface area contributed by atoms with Crippen molar-refractivity contribution < 1.29 is 19.8 Å². The Morgan fingerprint density at radius 3 is 2.37 bits per heavy atom. The summed E-state index contributed by atoms with van der Waals surface area (Å²) < 4.78 is 0. The van der Waals surface area contributed by atoms with Crippen LogP contribution >= 0.6 is 0 Å². The fraction of sp³-hybridized carbons (Fsp3) is 0.846. The molecule has 1 aliphatic rings.